The van der Waals surface area contributed by atoms with Crippen LogP contribution in [0.1, 0.15) is 25.1 Å². The highest BCUT2D eigenvalue weighted by Crippen LogP contribution is 2.41. The summed E-state index contributed by atoms with van der Waals surface area (Å²) in [4.78, 5) is 11.3. The molecule has 10 heteroatoms. The van der Waals surface area contributed by atoms with Crippen LogP contribution in [0.3, 0.4) is 0 Å². The van der Waals surface area contributed by atoms with E-state index < -0.39 is 35.4 Å². The number of H-pyrrole nitrogens is 1. The number of benzene rings is 2. The van der Waals surface area contributed by atoms with Crippen LogP contribution in [0, 0.1) is 11.6 Å². The van der Waals surface area contributed by atoms with Crippen LogP contribution in [0.25, 0.3) is 27.5 Å². The molecular weight excluding hydrogens is 442 g/mol. The average Bonchev–Trinajstić information content (AvgIpc) is 3.30. The van der Waals surface area contributed by atoms with Gasteiger partial charge in [-0.05, 0) is 29.8 Å². The van der Waals surface area contributed by atoms with E-state index in [1.54, 1.807) is 36.7 Å². The maximum atomic E-state index is 14.5. The highest BCUT2D eigenvalue weighted by Gasteiger charge is 2.43. The third-order valence-electron chi connectivity index (χ3n) is 5.65. The Labute approximate surface area is 185 Å². The van der Waals surface area contributed by atoms with Crippen LogP contribution < -0.4 is 0 Å². The molecule has 0 saturated carbocycles. The lowest BCUT2D eigenvalue weighted by Gasteiger charge is -2.28. The number of methoxy groups -OCH3 is 1. The fraction of sp³-hybridized carbons (Fsp3) is 0.304. The first-order chi connectivity index (χ1) is 15.5. The van der Waals surface area contributed by atoms with Gasteiger partial charge in [0.05, 0.1) is 30.3 Å². The number of hydrogen-bond acceptors (Lipinski definition) is 3. The lowest BCUT2D eigenvalue weighted by atomic mass is 9.85. The number of aliphatic carboxylic acids is 1. The number of alkyl halides is 2. The molecule has 2 heterocycles. The zero-order valence-electron chi connectivity index (χ0n) is 18.0. The third kappa shape index (κ3) is 3.84. The minimum Gasteiger partial charge on any atom is -0.477 e. The summed E-state index contributed by atoms with van der Waals surface area (Å²) in [6.45, 7) is 3.59. The number of nitrogens with zero attached hydrogens (tertiary/aromatic N) is 2. The fourth-order valence-electron chi connectivity index (χ4n) is 4.30. The highest BCUT2D eigenvalue weighted by atomic mass is 19.3. The van der Waals surface area contributed by atoms with Crippen molar-refractivity contribution in [1.29, 1.82) is 0 Å². The molecule has 0 radical (unpaired) electrons. The number of rotatable bonds is 7. The van der Waals surface area contributed by atoms with Gasteiger partial charge in [-0.15, -0.1) is 0 Å². The number of carboxylic acids is 1. The van der Waals surface area contributed by atoms with Crippen molar-refractivity contribution in [3.05, 3.63) is 59.4 Å². The molecule has 0 saturated heterocycles. The van der Waals surface area contributed by atoms with Crippen molar-refractivity contribution in [2.45, 2.75) is 31.6 Å². The number of hydrogen-bond donors (Lipinski definition) is 2. The maximum absolute atomic E-state index is 14.5. The monoisotopic (exact) mass is 463 g/mol. The SMILES string of the molecule is COCC(C)(C)c1c(CC(F)(F)C(=O)O)c2cc3[nH]ncc3cc2n1-c1ccc(F)c(F)c1. The number of aromatic amines is 1. The van der Waals surface area contributed by atoms with Crippen molar-refractivity contribution >= 4 is 27.8 Å². The van der Waals surface area contributed by atoms with E-state index in [9.17, 15) is 22.4 Å². The van der Waals surface area contributed by atoms with Gasteiger partial charge >= 0.3 is 11.9 Å². The second kappa shape index (κ2) is 7.87. The molecule has 4 aromatic rings. The first-order valence-corrected chi connectivity index (χ1v) is 10.0. The molecule has 0 atom stereocenters. The van der Waals surface area contributed by atoms with Crippen molar-refractivity contribution in [2.24, 2.45) is 0 Å². The van der Waals surface area contributed by atoms with Gasteiger partial charge in [-0.2, -0.15) is 13.9 Å². The van der Waals surface area contributed by atoms with Gasteiger partial charge in [-0.3, -0.25) is 5.10 Å². The minimum atomic E-state index is -4.06. The standard InChI is InChI=1S/C23H21F4N3O3/c1-22(2,11-33-3)20-15(9-23(26,27)21(31)32)14-8-18-12(10-28-29-18)6-19(14)30(20)13-4-5-16(24)17(25)7-13/h4-8,10H,9,11H2,1-3H3,(H,28,29)(H,31,32). The van der Waals surface area contributed by atoms with Gasteiger partial charge in [0.15, 0.2) is 11.6 Å². The zero-order chi connectivity index (χ0) is 24.1. The van der Waals surface area contributed by atoms with Crippen LogP contribution in [0.5, 0.6) is 0 Å². The van der Waals surface area contributed by atoms with E-state index in [-0.39, 0.29) is 17.9 Å². The van der Waals surface area contributed by atoms with Crippen LogP contribution in [-0.4, -0.2) is 45.5 Å². The van der Waals surface area contributed by atoms with E-state index in [4.69, 9.17) is 9.84 Å². The maximum Gasteiger partial charge on any atom is 0.374 e. The Kier molecular flexibility index (Phi) is 5.44. The second-order valence-corrected chi connectivity index (χ2v) is 8.59. The fourth-order valence-corrected chi connectivity index (χ4v) is 4.30. The Morgan fingerprint density at radius 2 is 1.91 bits per heavy atom. The smallest absolute Gasteiger partial charge is 0.374 e. The summed E-state index contributed by atoms with van der Waals surface area (Å²) in [6.07, 6.45) is 0.445. The molecule has 0 unspecified atom stereocenters. The summed E-state index contributed by atoms with van der Waals surface area (Å²) in [6, 6.07) is 6.55. The largest absolute Gasteiger partial charge is 0.477 e. The molecule has 6 nitrogen and oxygen atoms in total. The first-order valence-electron chi connectivity index (χ1n) is 10.0. The minimum absolute atomic E-state index is 0.0701. The normalized spacial score (nSPS) is 12.7. The lowest BCUT2D eigenvalue weighted by Crippen LogP contribution is -2.33. The number of fused-ring (bicyclic) bond motifs is 2. The predicted molar refractivity (Wildman–Crippen MR) is 114 cm³/mol. The van der Waals surface area contributed by atoms with Crippen molar-refractivity contribution < 1.29 is 32.2 Å². The van der Waals surface area contributed by atoms with Crippen LogP contribution in [-0.2, 0) is 21.4 Å². The molecule has 2 aromatic carbocycles. The molecule has 0 aliphatic carbocycles. The van der Waals surface area contributed by atoms with Crippen LogP contribution in [0.4, 0.5) is 17.6 Å². The molecule has 0 spiro atoms. The van der Waals surface area contributed by atoms with E-state index in [0.717, 1.165) is 12.1 Å². The van der Waals surface area contributed by atoms with Gasteiger partial charge < -0.3 is 14.4 Å². The van der Waals surface area contributed by atoms with Crippen LogP contribution in [0.15, 0.2) is 36.5 Å². The van der Waals surface area contributed by atoms with E-state index in [2.05, 4.69) is 10.2 Å². The molecule has 2 aromatic heterocycles. The lowest BCUT2D eigenvalue weighted by molar-refractivity contribution is -0.164. The number of ether oxygens (including phenoxy) is 1. The van der Waals surface area contributed by atoms with Crippen molar-refractivity contribution in [3.63, 3.8) is 0 Å². The van der Waals surface area contributed by atoms with E-state index in [0.29, 0.717) is 27.5 Å². The predicted octanol–water partition coefficient (Wildman–Crippen LogP) is 4.97. The summed E-state index contributed by atoms with van der Waals surface area (Å²) in [5.41, 5.74) is 0.652. The summed E-state index contributed by atoms with van der Waals surface area (Å²) in [7, 11) is 1.45. The Morgan fingerprint density at radius 3 is 2.55 bits per heavy atom. The molecule has 4 rings (SSSR count). The zero-order valence-corrected chi connectivity index (χ0v) is 18.0. The van der Waals surface area contributed by atoms with Crippen molar-refractivity contribution in [2.75, 3.05) is 13.7 Å². The number of halogens is 4. The summed E-state index contributed by atoms with van der Waals surface area (Å²) in [5, 5.41) is 16.9. The number of carboxylic acid groups (broad SMARTS) is 1. The molecule has 2 N–H and O–H groups in total. The highest BCUT2D eigenvalue weighted by molar-refractivity contribution is 5.99. The molecular formula is C23H21F4N3O3. The van der Waals surface area contributed by atoms with Crippen molar-refractivity contribution in [1.82, 2.24) is 14.8 Å². The van der Waals surface area contributed by atoms with Crippen molar-refractivity contribution in [3.8, 4) is 5.69 Å². The summed E-state index contributed by atoms with van der Waals surface area (Å²) in [5.74, 6) is -8.47. The van der Waals surface area contributed by atoms with Crippen LogP contribution >= 0.6 is 0 Å². The number of carbonyl (C=O) groups is 1. The van der Waals surface area contributed by atoms with E-state index in [1.807, 2.05) is 0 Å². The van der Waals surface area contributed by atoms with E-state index >= 15 is 0 Å². The van der Waals surface area contributed by atoms with Gasteiger partial charge in [-0.25, -0.2) is 13.6 Å². The van der Waals surface area contributed by atoms with Gasteiger partial charge in [0.2, 0.25) is 0 Å². The quantitative estimate of drug-likeness (QED) is 0.379. The first kappa shape index (κ1) is 22.8. The van der Waals surface area contributed by atoms with Gasteiger partial charge in [0, 0.05) is 40.7 Å². The number of aromatic nitrogens is 3. The Balaban J connectivity index is 2.16. The summed E-state index contributed by atoms with van der Waals surface area (Å²) >= 11 is 0. The Bertz CT molecular complexity index is 1370. The van der Waals surface area contributed by atoms with Gasteiger partial charge in [-0.1, -0.05) is 13.8 Å². The molecule has 33 heavy (non-hydrogen) atoms. The van der Waals surface area contributed by atoms with Gasteiger partial charge in [0.25, 0.3) is 0 Å². The molecule has 0 bridgehead atoms. The molecule has 0 fully saturated rings. The summed E-state index contributed by atoms with van der Waals surface area (Å²) < 4.78 is 63.8. The van der Waals surface area contributed by atoms with Gasteiger partial charge in [0.1, 0.15) is 0 Å². The topological polar surface area (TPSA) is 80.1 Å². The second-order valence-electron chi connectivity index (χ2n) is 8.59. The number of nitrogens with one attached hydrogen (secondary N) is 1. The molecule has 0 aliphatic rings. The molecule has 174 valence electrons. The molecule has 0 amide bonds. The Morgan fingerprint density at radius 1 is 1.18 bits per heavy atom. The van der Waals surface area contributed by atoms with Crippen LogP contribution in [0.2, 0.25) is 0 Å². The molecule has 0 aliphatic heterocycles. The third-order valence-corrected chi connectivity index (χ3v) is 5.65. The Hall–Kier alpha value is -3.40. The average molecular weight is 463 g/mol. The van der Waals surface area contributed by atoms with E-state index in [1.165, 1.54) is 13.2 Å².